The van der Waals surface area contributed by atoms with Crippen molar-refractivity contribution in [1.82, 2.24) is 4.98 Å². The summed E-state index contributed by atoms with van der Waals surface area (Å²) >= 11 is 0. The first kappa shape index (κ1) is 10.9. The highest BCUT2D eigenvalue weighted by atomic mass is 16.5. The van der Waals surface area contributed by atoms with E-state index in [4.69, 9.17) is 9.84 Å². The van der Waals surface area contributed by atoms with Crippen molar-refractivity contribution in [2.24, 2.45) is 0 Å². The minimum absolute atomic E-state index is 0.0355. The molecule has 86 valence electrons. The SMILES string of the molecule is O=C(O)c1cccc(OC2CCCCC2)n1. The van der Waals surface area contributed by atoms with Crippen LogP contribution in [0.1, 0.15) is 42.6 Å². The van der Waals surface area contributed by atoms with Crippen LogP contribution in [-0.4, -0.2) is 22.2 Å². The Kier molecular flexibility index (Phi) is 3.39. The fourth-order valence-corrected chi connectivity index (χ4v) is 1.95. The number of carboxylic acid groups (broad SMARTS) is 1. The molecule has 0 unspecified atom stereocenters. The molecule has 0 atom stereocenters. The van der Waals surface area contributed by atoms with Crippen LogP contribution in [0, 0.1) is 0 Å². The fraction of sp³-hybridized carbons (Fsp3) is 0.500. The van der Waals surface area contributed by atoms with E-state index in [2.05, 4.69) is 4.98 Å². The third-order valence-corrected chi connectivity index (χ3v) is 2.78. The zero-order chi connectivity index (χ0) is 11.4. The molecule has 0 aromatic carbocycles. The Morgan fingerprint density at radius 2 is 2.06 bits per heavy atom. The highest BCUT2D eigenvalue weighted by molar-refractivity contribution is 5.85. The molecule has 1 aliphatic carbocycles. The van der Waals surface area contributed by atoms with Crippen LogP contribution < -0.4 is 4.74 Å². The number of aromatic nitrogens is 1. The van der Waals surface area contributed by atoms with Crippen LogP contribution in [0.4, 0.5) is 0 Å². The molecule has 16 heavy (non-hydrogen) atoms. The first-order valence-corrected chi connectivity index (χ1v) is 5.63. The lowest BCUT2D eigenvalue weighted by Gasteiger charge is -2.22. The Morgan fingerprint density at radius 3 is 2.75 bits per heavy atom. The second kappa shape index (κ2) is 4.96. The number of carbonyl (C=O) groups is 1. The zero-order valence-electron chi connectivity index (χ0n) is 9.06. The van der Waals surface area contributed by atoms with Crippen molar-refractivity contribution >= 4 is 5.97 Å². The summed E-state index contributed by atoms with van der Waals surface area (Å²) in [5.41, 5.74) is 0.0355. The van der Waals surface area contributed by atoms with Gasteiger partial charge in [0, 0.05) is 6.07 Å². The number of rotatable bonds is 3. The Labute approximate surface area is 94.3 Å². The molecule has 4 heteroatoms. The summed E-state index contributed by atoms with van der Waals surface area (Å²) in [5, 5.41) is 8.80. The quantitative estimate of drug-likeness (QED) is 0.851. The Hall–Kier alpha value is -1.58. The largest absolute Gasteiger partial charge is 0.477 e. The molecule has 2 rings (SSSR count). The van der Waals surface area contributed by atoms with E-state index in [9.17, 15) is 4.79 Å². The molecule has 1 N–H and O–H groups in total. The third-order valence-electron chi connectivity index (χ3n) is 2.78. The molecule has 4 nitrogen and oxygen atoms in total. The number of aromatic carboxylic acids is 1. The van der Waals surface area contributed by atoms with E-state index in [1.165, 1.54) is 25.3 Å². The predicted molar refractivity (Wildman–Crippen MR) is 58.7 cm³/mol. The minimum Gasteiger partial charge on any atom is -0.477 e. The van der Waals surface area contributed by atoms with Gasteiger partial charge in [0.2, 0.25) is 5.88 Å². The fourth-order valence-electron chi connectivity index (χ4n) is 1.95. The molecular formula is C12H15NO3. The van der Waals surface area contributed by atoms with E-state index < -0.39 is 5.97 Å². The number of hydrogen-bond acceptors (Lipinski definition) is 3. The van der Waals surface area contributed by atoms with Crippen molar-refractivity contribution in [3.8, 4) is 5.88 Å². The zero-order valence-corrected chi connectivity index (χ0v) is 9.06. The van der Waals surface area contributed by atoms with Crippen molar-refractivity contribution in [1.29, 1.82) is 0 Å². The number of carboxylic acids is 1. The maximum absolute atomic E-state index is 10.7. The van der Waals surface area contributed by atoms with Crippen LogP contribution in [0.2, 0.25) is 0 Å². The van der Waals surface area contributed by atoms with Crippen LogP contribution in [0.5, 0.6) is 5.88 Å². The lowest BCUT2D eigenvalue weighted by Crippen LogP contribution is -2.20. The van der Waals surface area contributed by atoms with Gasteiger partial charge in [-0.15, -0.1) is 0 Å². The molecule has 1 aromatic rings. The Bertz CT molecular complexity index is 372. The van der Waals surface area contributed by atoms with Gasteiger partial charge in [-0.2, -0.15) is 0 Å². The van der Waals surface area contributed by atoms with Crippen LogP contribution in [-0.2, 0) is 0 Å². The van der Waals surface area contributed by atoms with Crippen molar-refractivity contribution in [3.63, 3.8) is 0 Å². The monoisotopic (exact) mass is 221 g/mol. The molecule has 0 amide bonds. The van der Waals surface area contributed by atoms with Crippen molar-refractivity contribution in [2.45, 2.75) is 38.2 Å². The molecule has 0 aliphatic heterocycles. The van der Waals surface area contributed by atoms with Gasteiger partial charge in [-0.25, -0.2) is 9.78 Å². The number of nitrogens with zero attached hydrogens (tertiary/aromatic N) is 1. The van der Waals surface area contributed by atoms with Crippen LogP contribution >= 0.6 is 0 Å². The summed E-state index contributed by atoms with van der Waals surface area (Å²) < 4.78 is 5.67. The number of ether oxygens (including phenoxy) is 1. The molecule has 1 aliphatic rings. The van der Waals surface area contributed by atoms with E-state index >= 15 is 0 Å². The average Bonchev–Trinajstić information content (AvgIpc) is 2.30. The summed E-state index contributed by atoms with van der Waals surface area (Å²) in [5.74, 6) is -0.596. The van der Waals surface area contributed by atoms with Crippen LogP contribution in [0.25, 0.3) is 0 Å². The summed E-state index contributed by atoms with van der Waals surface area (Å²) in [6, 6.07) is 4.84. The lowest BCUT2D eigenvalue weighted by molar-refractivity contribution is 0.0687. The van der Waals surface area contributed by atoms with Gasteiger partial charge in [-0.3, -0.25) is 0 Å². The first-order chi connectivity index (χ1) is 7.75. The molecule has 0 saturated heterocycles. The second-order valence-electron chi connectivity index (χ2n) is 4.04. The predicted octanol–water partition coefficient (Wildman–Crippen LogP) is 2.49. The third kappa shape index (κ3) is 2.72. The van der Waals surface area contributed by atoms with Gasteiger partial charge in [-0.1, -0.05) is 12.5 Å². The minimum atomic E-state index is -1.02. The van der Waals surface area contributed by atoms with Crippen molar-refractivity contribution in [3.05, 3.63) is 23.9 Å². The van der Waals surface area contributed by atoms with E-state index in [1.54, 1.807) is 12.1 Å². The van der Waals surface area contributed by atoms with E-state index in [0.717, 1.165) is 12.8 Å². The number of pyridine rings is 1. The molecule has 1 aromatic heterocycles. The molecular weight excluding hydrogens is 206 g/mol. The summed E-state index contributed by atoms with van der Waals surface area (Å²) in [6.07, 6.45) is 5.91. The lowest BCUT2D eigenvalue weighted by atomic mass is 9.98. The Balaban J connectivity index is 2.02. The van der Waals surface area contributed by atoms with Crippen LogP contribution in [0.15, 0.2) is 18.2 Å². The first-order valence-electron chi connectivity index (χ1n) is 5.63. The molecule has 0 spiro atoms. The van der Waals surface area contributed by atoms with Gasteiger partial charge in [0.25, 0.3) is 0 Å². The molecule has 1 fully saturated rings. The molecule has 1 heterocycles. The van der Waals surface area contributed by atoms with Crippen molar-refractivity contribution < 1.29 is 14.6 Å². The van der Waals surface area contributed by atoms with Crippen LogP contribution in [0.3, 0.4) is 0 Å². The van der Waals surface area contributed by atoms with Gasteiger partial charge in [0.05, 0.1) is 0 Å². The average molecular weight is 221 g/mol. The second-order valence-corrected chi connectivity index (χ2v) is 4.04. The molecule has 0 bridgehead atoms. The maximum atomic E-state index is 10.7. The van der Waals surface area contributed by atoms with Gasteiger partial charge in [0.1, 0.15) is 6.10 Å². The van der Waals surface area contributed by atoms with E-state index in [-0.39, 0.29) is 11.8 Å². The highest BCUT2D eigenvalue weighted by Gasteiger charge is 2.16. The van der Waals surface area contributed by atoms with E-state index in [0.29, 0.717) is 5.88 Å². The summed E-state index contributed by atoms with van der Waals surface area (Å²) in [4.78, 5) is 14.7. The molecule has 1 saturated carbocycles. The number of hydrogen-bond donors (Lipinski definition) is 1. The maximum Gasteiger partial charge on any atom is 0.354 e. The summed E-state index contributed by atoms with van der Waals surface area (Å²) in [7, 11) is 0. The topological polar surface area (TPSA) is 59.4 Å². The van der Waals surface area contributed by atoms with Gasteiger partial charge >= 0.3 is 5.97 Å². The van der Waals surface area contributed by atoms with Gasteiger partial charge in [0.15, 0.2) is 5.69 Å². The normalized spacial score (nSPS) is 17.0. The highest BCUT2D eigenvalue weighted by Crippen LogP contribution is 2.22. The van der Waals surface area contributed by atoms with Gasteiger partial charge in [-0.05, 0) is 31.7 Å². The smallest absolute Gasteiger partial charge is 0.354 e. The molecule has 0 radical (unpaired) electrons. The van der Waals surface area contributed by atoms with E-state index in [1.807, 2.05) is 0 Å². The standard InChI is InChI=1S/C12H15NO3/c14-12(15)10-7-4-8-11(13-10)16-9-5-2-1-3-6-9/h4,7-9H,1-3,5-6H2,(H,14,15). The van der Waals surface area contributed by atoms with Crippen molar-refractivity contribution in [2.75, 3.05) is 0 Å². The summed E-state index contributed by atoms with van der Waals surface area (Å²) in [6.45, 7) is 0. The Morgan fingerprint density at radius 1 is 1.31 bits per heavy atom. The van der Waals surface area contributed by atoms with Gasteiger partial charge < -0.3 is 9.84 Å².